The molecule has 4 nitrogen and oxygen atoms in total. The van der Waals surface area contributed by atoms with Crippen molar-refractivity contribution in [1.82, 2.24) is 19.4 Å². The van der Waals surface area contributed by atoms with Gasteiger partial charge in [-0.05, 0) is 24.5 Å². The van der Waals surface area contributed by atoms with Gasteiger partial charge in [0.2, 0.25) is 0 Å². The average molecular weight is 242 g/mol. The number of thioether (sulfide) groups is 1. The van der Waals surface area contributed by atoms with Gasteiger partial charge in [0.25, 0.3) is 0 Å². The molecule has 5 heteroatoms. The molecule has 0 amide bonds. The SMILES string of the molecule is CSc1nccc(-c2cnc3ccccn23)n1. The van der Waals surface area contributed by atoms with Gasteiger partial charge in [-0.25, -0.2) is 15.0 Å². The van der Waals surface area contributed by atoms with Crippen molar-refractivity contribution in [3.05, 3.63) is 42.9 Å². The summed E-state index contributed by atoms with van der Waals surface area (Å²) in [5.41, 5.74) is 2.80. The Labute approximate surface area is 103 Å². The van der Waals surface area contributed by atoms with Crippen molar-refractivity contribution >= 4 is 17.4 Å². The molecule has 17 heavy (non-hydrogen) atoms. The predicted molar refractivity (Wildman–Crippen MR) is 68.0 cm³/mol. The molecule has 0 aliphatic heterocycles. The third-order valence-corrected chi connectivity index (χ3v) is 3.06. The van der Waals surface area contributed by atoms with Gasteiger partial charge in [-0.15, -0.1) is 0 Å². The van der Waals surface area contributed by atoms with Crippen LogP contribution in [-0.2, 0) is 0 Å². The van der Waals surface area contributed by atoms with Crippen LogP contribution in [0, 0.1) is 0 Å². The van der Waals surface area contributed by atoms with Crippen LogP contribution < -0.4 is 0 Å². The van der Waals surface area contributed by atoms with E-state index in [1.54, 1.807) is 6.20 Å². The van der Waals surface area contributed by atoms with E-state index in [0.29, 0.717) is 0 Å². The second kappa shape index (κ2) is 4.18. The van der Waals surface area contributed by atoms with Gasteiger partial charge in [0.05, 0.1) is 17.6 Å². The van der Waals surface area contributed by atoms with Crippen LogP contribution in [0.15, 0.2) is 48.0 Å². The molecule has 0 spiro atoms. The molecule has 3 aromatic rings. The summed E-state index contributed by atoms with van der Waals surface area (Å²) in [5, 5.41) is 0.772. The van der Waals surface area contributed by atoms with Crippen molar-refractivity contribution in [2.24, 2.45) is 0 Å². The smallest absolute Gasteiger partial charge is 0.187 e. The van der Waals surface area contributed by atoms with Crippen molar-refractivity contribution in [1.29, 1.82) is 0 Å². The summed E-state index contributed by atoms with van der Waals surface area (Å²) in [5.74, 6) is 0. The van der Waals surface area contributed by atoms with Gasteiger partial charge in [0.15, 0.2) is 5.16 Å². The molecule has 3 heterocycles. The Hall–Kier alpha value is -1.88. The van der Waals surface area contributed by atoms with E-state index in [1.165, 1.54) is 11.8 Å². The molecule has 0 aliphatic carbocycles. The predicted octanol–water partition coefficient (Wildman–Crippen LogP) is 2.51. The standard InChI is InChI=1S/C12H10N4S/c1-17-12-13-6-5-9(15-12)10-8-14-11-4-2-3-7-16(10)11/h2-8H,1H3. The molecular formula is C12H10N4S. The molecule has 0 aromatic carbocycles. The van der Waals surface area contributed by atoms with Crippen LogP contribution in [0.4, 0.5) is 0 Å². The summed E-state index contributed by atoms with van der Waals surface area (Å²) < 4.78 is 2.02. The molecule has 0 saturated heterocycles. The van der Waals surface area contributed by atoms with Crippen LogP contribution in [0.3, 0.4) is 0 Å². The van der Waals surface area contributed by atoms with Gasteiger partial charge in [-0.2, -0.15) is 0 Å². The molecule has 0 bridgehead atoms. The molecule has 0 saturated carbocycles. The van der Waals surface area contributed by atoms with E-state index in [9.17, 15) is 0 Å². The monoisotopic (exact) mass is 242 g/mol. The minimum atomic E-state index is 0.772. The number of nitrogens with zero attached hydrogens (tertiary/aromatic N) is 4. The number of aromatic nitrogens is 4. The van der Waals surface area contributed by atoms with Gasteiger partial charge in [-0.1, -0.05) is 17.8 Å². The number of hydrogen-bond acceptors (Lipinski definition) is 4. The molecular weight excluding hydrogens is 232 g/mol. The minimum Gasteiger partial charge on any atom is -0.298 e. The first-order valence-corrected chi connectivity index (χ1v) is 6.40. The fourth-order valence-electron chi connectivity index (χ4n) is 1.70. The quantitative estimate of drug-likeness (QED) is 0.511. The Kier molecular flexibility index (Phi) is 2.53. The van der Waals surface area contributed by atoms with Gasteiger partial charge in [-0.3, -0.25) is 4.40 Å². The van der Waals surface area contributed by atoms with Crippen LogP contribution in [0.1, 0.15) is 0 Å². The number of imidazole rings is 1. The summed E-state index contributed by atoms with van der Waals surface area (Å²) >= 11 is 1.53. The fraction of sp³-hybridized carbons (Fsp3) is 0.0833. The largest absolute Gasteiger partial charge is 0.298 e. The third kappa shape index (κ3) is 1.78. The number of rotatable bonds is 2. The van der Waals surface area contributed by atoms with Crippen molar-refractivity contribution < 1.29 is 0 Å². The highest BCUT2D eigenvalue weighted by atomic mass is 32.2. The lowest BCUT2D eigenvalue weighted by Crippen LogP contribution is -1.92. The number of pyridine rings is 1. The number of hydrogen-bond donors (Lipinski definition) is 0. The van der Waals surface area contributed by atoms with Crippen LogP contribution in [0.5, 0.6) is 0 Å². The Morgan fingerprint density at radius 1 is 1.18 bits per heavy atom. The molecule has 84 valence electrons. The highest BCUT2D eigenvalue weighted by Crippen LogP contribution is 2.20. The van der Waals surface area contributed by atoms with Crippen LogP contribution in [0.2, 0.25) is 0 Å². The zero-order valence-corrected chi connectivity index (χ0v) is 10.1. The molecule has 0 unspecified atom stereocenters. The lowest BCUT2D eigenvalue weighted by atomic mass is 10.3. The highest BCUT2D eigenvalue weighted by molar-refractivity contribution is 7.98. The lowest BCUT2D eigenvalue weighted by molar-refractivity contribution is 0.968. The van der Waals surface area contributed by atoms with Crippen molar-refractivity contribution in [2.45, 2.75) is 5.16 Å². The van der Waals surface area contributed by atoms with Gasteiger partial charge < -0.3 is 0 Å². The van der Waals surface area contributed by atoms with Crippen molar-refractivity contribution in [2.75, 3.05) is 6.26 Å². The zero-order valence-electron chi connectivity index (χ0n) is 9.24. The first kappa shape index (κ1) is 10.3. The van der Waals surface area contributed by atoms with E-state index in [2.05, 4.69) is 15.0 Å². The first-order valence-electron chi connectivity index (χ1n) is 5.18. The van der Waals surface area contributed by atoms with E-state index in [4.69, 9.17) is 0 Å². The topological polar surface area (TPSA) is 43.1 Å². The van der Waals surface area contributed by atoms with Crippen molar-refractivity contribution in [3.8, 4) is 11.4 Å². The molecule has 0 fully saturated rings. The van der Waals surface area contributed by atoms with E-state index < -0.39 is 0 Å². The highest BCUT2D eigenvalue weighted by Gasteiger charge is 2.07. The van der Waals surface area contributed by atoms with Crippen molar-refractivity contribution in [3.63, 3.8) is 0 Å². The molecule has 0 radical (unpaired) electrons. The Bertz CT molecular complexity index is 662. The molecule has 0 N–H and O–H groups in total. The Morgan fingerprint density at radius 2 is 2.12 bits per heavy atom. The Balaban J connectivity index is 2.20. The minimum absolute atomic E-state index is 0.772. The average Bonchev–Trinajstić information content (AvgIpc) is 2.82. The van der Waals surface area contributed by atoms with Crippen LogP contribution >= 0.6 is 11.8 Å². The molecule has 3 rings (SSSR count). The first-order chi connectivity index (χ1) is 8.38. The summed E-state index contributed by atoms with van der Waals surface area (Å²) in [6.45, 7) is 0. The zero-order chi connectivity index (χ0) is 11.7. The second-order valence-corrected chi connectivity index (χ2v) is 4.27. The van der Waals surface area contributed by atoms with E-state index in [0.717, 1.165) is 22.2 Å². The summed E-state index contributed by atoms with van der Waals surface area (Å²) in [6.07, 6.45) is 7.56. The van der Waals surface area contributed by atoms with E-state index in [1.807, 2.05) is 47.3 Å². The van der Waals surface area contributed by atoms with Crippen LogP contribution in [-0.4, -0.2) is 25.6 Å². The van der Waals surface area contributed by atoms with Gasteiger partial charge >= 0.3 is 0 Å². The second-order valence-electron chi connectivity index (χ2n) is 3.50. The van der Waals surface area contributed by atoms with Gasteiger partial charge in [0, 0.05) is 12.4 Å². The maximum absolute atomic E-state index is 4.47. The fourth-order valence-corrected chi connectivity index (χ4v) is 2.06. The summed E-state index contributed by atoms with van der Waals surface area (Å²) in [6, 6.07) is 7.82. The molecule has 0 atom stereocenters. The maximum atomic E-state index is 4.47. The normalized spacial score (nSPS) is 10.9. The van der Waals surface area contributed by atoms with E-state index in [-0.39, 0.29) is 0 Å². The summed E-state index contributed by atoms with van der Waals surface area (Å²) in [7, 11) is 0. The molecule has 0 aliphatic rings. The summed E-state index contributed by atoms with van der Waals surface area (Å²) in [4.78, 5) is 13.0. The lowest BCUT2D eigenvalue weighted by Gasteiger charge is -2.01. The number of fused-ring (bicyclic) bond motifs is 1. The van der Waals surface area contributed by atoms with Crippen LogP contribution in [0.25, 0.3) is 17.0 Å². The van der Waals surface area contributed by atoms with E-state index >= 15 is 0 Å². The third-order valence-electron chi connectivity index (χ3n) is 2.50. The van der Waals surface area contributed by atoms with Gasteiger partial charge in [0.1, 0.15) is 5.65 Å². The Morgan fingerprint density at radius 3 is 3.00 bits per heavy atom. The maximum Gasteiger partial charge on any atom is 0.187 e. The molecule has 3 aromatic heterocycles.